The summed E-state index contributed by atoms with van der Waals surface area (Å²) in [5.41, 5.74) is 0.520. The molecule has 0 bridgehead atoms. The van der Waals surface area contributed by atoms with Crippen LogP contribution >= 0.6 is 0 Å². The van der Waals surface area contributed by atoms with Crippen molar-refractivity contribution in [1.82, 2.24) is 10.2 Å². The predicted octanol–water partition coefficient (Wildman–Crippen LogP) is 3.91. The van der Waals surface area contributed by atoms with E-state index in [2.05, 4.69) is 31.0 Å². The Kier molecular flexibility index (Phi) is 6.35. The monoisotopic (exact) mass is 280 g/mol. The molecule has 1 saturated heterocycles. The zero-order valence-corrected chi connectivity index (χ0v) is 14.1. The number of nitrogens with zero attached hydrogens (tertiary/aromatic N) is 1. The maximum atomic E-state index is 3.71. The van der Waals surface area contributed by atoms with E-state index in [-0.39, 0.29) is 0 Å². The van der Waals surface area contributed by atoms with Crippen molar-refractivity contribution < 1.29 is 0 Å². The Labute approximate surface area is 126 Å². The van der Waals surface area contributed by atoms with Gasteiger partial charge in [0.05, 0.1) is 0 Å². The third-order valence-corrected chi connectivity index (χ3v) is 5.56. The number of hydrogen-bond donors (Lipinski definition) is 1. The van der Waals surface area contributed by atoms with Gasteiger partial charge in [-0.1, -0.05) is 27.2 Å². The molecule has 0 atom stereocenters. The molecule has 0 aromatic heterocycles. The molecule has 0 aromatic carbocycles. The van der Waals surface area contributed by atoms with E-state index in [9.17, 15) is 0 Å². The molecule has 1 aliphatic carbocycles. The summed E-state index contributed by atoms with van der Waals surface area (Å²) in [5, 5.41) is 3.71. The van der Waals surface area contributed by atoms with Crippen molar-refractivity contribution in [2.24, 2.45) is 17.3 Å². The summed E-state index contributed by atoms with van der Waals surface area (Å²) in [6, 6.07) is 0. The van der Waals surface area contributed by atoms with E-state index in [0.717, 1.165) is 11.8 Å². The largest absolute Gasteiger partial charge is 0.315 e. The number of piperidine rings is 1. The average molecular weight is 280 g/mol. The number of nitrogens with one attached hydrogen (secondary N) is 1. The van der Waals surface area contributed by atoms with Crippen LogP contribution in [0.3, 0.4) is 0 Å². The van der Waals surface area contributed by atoms with Crippen LogP contribution in [0.2, 0.25) is 0 Å². The summed E-state index contributed by atoms with van der Waals surface area (Å²) in [6.07, 6.45) is 10.1. The summed E-state index contributed by atoms with van der Waals surface area (Å²) in [7, 11) is 0. The second-order valence-corrected chi connectivity index (χ2v) is 8.19. The third kappa shape index (κ3) is 5.37. The average Bonchev–Trinajstić information content (AvgIpc) is 2.44. The Bertz CT molecular complexity index is 255. The molecular weight excluding hydrogens is 244 g/mol. The lowest BCUT2D eigenvalue weighted by atomic mass is 9.70. The van der Waals surface area contributed by atoms with Gasteiger partial charge in [0.25, 0.3) is 0 Å². The highest BCUT2D eigenvalue weighted by atomic mass is 15.1. The van der Waals surface area contributed by atoms with Crippen LogP contribution in [0.15, 0.2) is 0 Å². The molecule has 2 fully saturated rings. The summed E-state index contributed by atoms with van der Waals surface area (Å²) >= 11 is 0. The van der Waals surface area contributed by atoms with E-state index in [1.807, 2.05) is 0 Å². The molecule has 118 valence electrons. The molecule has 1 N–H and O–H groups in total. The predicted molar refractivity (Wildman–Crippen MR) is 88.1 cm³/mol. The fourth-order valence-electron chi connectivity index (χ4n) is 3.96. The highest BCUT2D eigenvalue weighted by Gasteiger charge is 2.29. The van der Waals surface area contributed by atoms with Gasteiger partial charge in [0.1, 0.15) is 0 Å². The first-order valence-corrected chi connectivity index (χ1v) is 8.99. The van der Waals surface area contributed by atoms with Gasteiger partial charge in [-0.3, -0.25) is 0 Å². The van der Waals surface area contributed by atoms with E-state index in [1.165, 1.54) is 77.7 Å². The maximum Gasteiger partial charge on any atom is 0.0107 e. The van der Waals surface area contributed by atoms with Gasteiger partial charge < -0.3 is 10.2 Å². The first-order valence-electron chi connectivity index (χ1n) is 8.99. The van der Waals surface area contributed by atoms with Gasteiger partial charge in [0, 0.05) is 13.1 Å². The van der Waals surface area contributed by atoms with Gasteiger partial charge in [0.2, 0.25) is 0 Å². The molecule has 2 heteroatoms. The van der Waals surface area contributed by atoms with Crippen molar-refractivity contribution in [2.45, 2.75) is 65.7 Å². The highest BCUT2D eigenvalue weighted by molar-refractivity contribution is 4.81. The minimum absolute atomic E-state index is 0.520. The molecule has 1 heterocycles. The lowest BCUT2D eigenvalue weighted by molar-refractivity contribution is 0.148. The zero-order valence-electron chi connectivity index (χ0n) is 14.1. The van der Waals surface area contributed by atoms with Gasteiger partial charge in [-0.15, -0.1) is 0 Å². The van der Waals surface area contributed by atoms with E-state index < -0.39 is 0 Å². The summed E-state index contributed by atoms with van der Waals surface area (Å²) in [4.78, 5) is 2.63. The first-order chi connectivity index (χ1) is 9.55. The van der Waals surface area contributed by atoms with Crippen LogP contribution in [-0.4, -0.2) is 37.6 Å². The van der Waals surface area contributed by atoms with E-state index in [0.29, 0.717) is 5.41 Å². The summed E-state index contributed by atoms with van der Waals surface area (Å²) < 4.78 is 0. The second-order valence-electron chi connectivity index (χ2n) is 8.19. The Balaban J connectivity index is 1.53. The summed E-state index contributed by atoms with van der Waals surface area (Å²) in [5.74, 6) is 1.89. The molecule has 0 radical (unpaired) electrons. The van der Waals surface area contributed by atoms with Crippen molar-refractivity contribution >= 4 is 0 Å². The van der Waals surface area contributed by atoms with Crippen molar-refractivity contribution in [3.63, 3.8) is 0 Å². The van der Waals surface area contributed by atoms with Gasteiger partial charge in [-0.2, -0.15) is 0 Å². The number of hydrogen-bond acceptors (Lipinski definition) is 2. The maximum absolute atomic E-state index is 3.71. The molecular formula is C18H36N2. The third-order valence-electron chi connectivity index (χ3n) is 5.56. The Morgan fingerprint density at radius 3 is 2.20 bits per heavy atom. The van der Waals surface area contributed by atoms with E-state index >= 15 is 0 Å². The lowest BCUT2D eigenvalue weighted by Crippen LogP contribution is -2.37. The zero-order chi connectivity index (χ0) is 14.4. The molecule has 2 rings (SSSR count). The summed E-state index contributed by atoms with van der Waals surface area (Å²) in [6.45, 7) is 13.6. The Morgan fingerprint density at radius 2 is 1.60 bits per heavy atom. The van der Waals surface area contributed by atoms with Crippen LogP contribution in [0.4, 0.5) is 0 Å². The topological polar surface area (TPSA) is 15.3 Å². The lowest BCUT2D eigenvalue weighted by Gasteiger charge is -2.37. The molecule has 0 spiro atoms. The van der Waals surface area contributed by atoms with Gasteiger partial charge in [0.15, 0.2) is 0 Å². The van der Waals surface area contributed by atoms with Crippen LogP contribution in [-0.2, 0) is 0 Å². The van der Waals surface area contributed by atoms with Crippen LogP contribution in [0.25, 0.3) is 0 Å². The minimum Gasteiger partial charge on any atom is -0.315 e. The van der Waals surface area contributed by atoms with Crippen molar-refractivity contribution in [3.05, 3.63) is 0 Å². The van der Waals surface area contributed by atoms with Gasteiger partial charge >= 0.3 is 0 Å². The normalized spacial score (nSPS) is 29.6. The molecule has 1 aliphatic heterocycles. The highest BCUT2D eigenvalue weighted by Crippen LogP contribution is 2.39. The van der Waals surface area contributed by atoms with Crippen LogP contribution in [0.5, 0.6) is 0 Å². The molecule has 2 nitrogen and oxygen atoms in total. The molecule has 0 unspecified atom stereocenters. The Hall–Kier alpha value is -0.0800. The number of rotatable bonds is 5. The molecule has 0 amide bonds. The minimum atomic E-state index is 0.520. The van der Waals surface area contributed by atoms with Crippen molar-refractivity contribution in [2.75, 3.05) is 32.7 Å². The quantitative estimate of drug-likeness (QED) is 0.768. The van der Waals surface area contributed by atoms with Crippen LogP contribution < -0.4 is 5.32 Å². The van der Waals surface area contributed by atoms with E-state index in [1.54, 1.807) is 0 Å². The fraction of sp³-hybridized carbons (Fsp3) is 1.00. The molecule has 0 aromatic rings. The van der Waals surface area contributed by atoms with Crippen LogP contribution in [0.1, 0.15) is 65.7 Å². The second kappa shape index (κ2) is 7.79. The van der Waals surface area contributed by atoms with Gasteiger partial charge in [-0.25, -0.2) is 0 Å². The Morgan fingerprint density at radius 1 is 0.950 bits per heavy atom. The molecule has 2 aliphatic rings. The fourth-order valence-corrected chi connectivity index (χ4v) is 3.96. The standard InChI is InChI=1S/C18H36N2/c1-18(2,3)17-9-7-16(8-10-17)15-19-11-14-20-12-5-4-6-13-20/h16-17,19H,4-15H2,1-3H3. The SMILES string of the molecule is CC(C)(C)C1CCC(CNCCN2CCCCC2)CC1. The number of likely N-dealkylation sites (tertiary alicyclic amines) is 1. The van der Waals surface area contributed by atoms with Crippen molar-refractivity contribution in [1.29, 1.82) is 0 Å². The molecule has 20 heavy (non-hydrogen) atoms. The van der Waals surface area contributed by atoms with Crippen LogP contribution in [0, 0.1) is 17.3 Å². The molecule has 1 saturated carbocycles. The van der Waals surface area contributed by atoms with Crippen molar-refractivity contribution in [3.8, 4) is 0 Å². The van der Waals surface area contributed by atoms with Gasteiger partial charge in [-0.05, 0) is 75.4 Å². The first kappa shape index (κ1) is 16.3. The smallest absolute Gasteiger partial charge is 0.0107 e. The van der Waals surface area contributed by atoms with E-state index in [4.69, 9.17) is 0 Å².